The molecule has 1 aliphatic carbocycles. The van der Waals surface area contributed by atoms with Crippen LogP contribution in [-0.4, -0.2) is 120 Å². The van der Waals surface area contributed by atoms with E-state index in [9.17, 15) is 9.59 Å². The number of halogens is 1. The number of nitrogens with one attached hydrogen (secondary N) is 3. The van der Waals surface area contributed by atoms with Crippen molar-refractivity contribution in [2.75, 3.05) is 32.8 Å². The van der Waals surface area contributed by atoms with Crippen LogP contribution >= 0.6 is 0 Å². The molecule has 3 N–H and O–H groups in total. The van der Waals surface area contributed by atoms with E-state index in [-0.39, 0.29) is 78.6 Å². The lowest BCUT2D eigenvalue weighted by Crippen LogP contribution is -2.78. The number of rotatable bonds is 2. The van der Waals surface area contributed by atoms with Crippen LogP contribution in [0.3, 0.4) is 0 Å². The minimum absolute atomic E-state index is 0.0332. The predicted molar refractivity (Wildman–Crippen MR) is 146 cm³/mol. The van der Waals surface area contributed by atoms with Crippen molar-refractivity contribution in [3.63, 3.8) is 0 Å². The molecule has 10 nitrogen and oxygen atoms in total. The second-order valence-electron chi connectivity index (χ2n) is 13.3. The summed E-state index contributed by atoms with van der Waals surface area (Å²) in [4.78, 5) is 33.0. The minimum Gasteiger partial charge on any atom is -0.372 e. The lowest BCUT2D eigenvalue weighted by Gasteiger charge is -2.58. The average molecular weight is 561 g/mol. The highest BCUT2D eigenvalue weighted by Crippen LogP contribution is 2.45. The Balaban J connectivity index is 1.29. The summed E-state index contributed by atoms with van der Waals surface area (Å²) in [6.45, 7) is 11.1. The van der Waals surface area contributed by atoms with Gasteiger partial charge in [-0.3, -0.25) is 15.0 Å². The van der Waals surface area contributed by atoms with Crippen LogP contribution in [0.25, 0.3) is 0 Å². The molecule has 3 amide bonds. The third-order valence-corrected chi connectivity index (χ3v) is 11.0. The predicted octanol–water partition coefficient (Wildman–Crippen LogP) is 1.03. The molecule has 2 bridgehead atoms. The van der Waals surface area contributed by atoms with E-state index >= 15 is 4.39 Å². The zero-order chi connectivity index (χ0) is 27.7. The Morgan fingerprint density at radius 3 is 2.83 bits per heavy atom. The number of carbonyl (C=O) groups excluding carboxylic acids is 2. The molecule has 1 saturated carbocycles. The van der Waals surface area contributed by atoms with Gasteiger partial charge in [-0.1, -0.05) is 20.4 Å². The fourth-order valence-electron chi connectivity index (χ4n) is 9.22. The van der Waals surface area contributed by atoms with Gasteiger partial charge in [0.05, 0.1) is 43.0 Å². The van der Waals surface area contributed by atoms with Crippen LogP contribution in [0.15, 0.2) is 12.7 Å². The number of carbonyl (C=O) groups is 2. The Kier molecular flexibility index (Phi) is 7.10. The van der Waals surface area contributed by atoms with Crippen molar-refractivity contribution in [3.8, 4) is 0 Å². The molecular weight excluding hydrogens is 515 g/mol. The number of alkyl halides is 1. The average Bonchev–Trinajstić information content (AvgIpc) is 3.06. The van der Waals surface area contributed by atoms with E-state index in [1.54, 1.807) is 0 Å². The lowest BCUT2D eigenvalue weighted by molar-refractivity contribution is -0.131. The quantitative estimate of drug-likeness (QED) is 0.434. The second-order valence-corrected chi connectivity index (χ2v) is 13.3. The van der Waals surface area contributed by atoms with Crippen LogP contribution < -0.4 is 16.0 Å². The van der Waals surface area contributed by atoms with Crippen molar-refractivity contribution < 1.29 is 23.5 Å². The first-order valence-electron chi connectivity index (χ1n) is 15.5. The Morgan fingerprint density at radius 1 is 1.18 bits per heavy atom. The van der Waals surface area contributed by atoms with E-state index < -0.39 is 6.17 Å². The molecule has 12 atom stereocenters. The van der Waals surface area contributed by atoms with Gasteiger partial charge in [0.2, 0.25) is 5.91 Å². The maximum Gasteiger partial charge on any atom is 0.319 e. The van der Waals surface area contributed by atoms with E-state index in [0.29, 0.717) is 45.0 Å². The van der Waals surface area contributed by atoms with Crippen molar-refractivity contribution in [1.29, 1.82) is 0 Å². The normalized spacial score (nSPS) is 47.0. The van der Waals surface area contributed by atoms with Crippen LogP contribution in [0.4, 0.5) is 9.18 Å². The van der Waals surface area contributed by atoms with Gasteiger partial charge in [-0.05, 0) is 50.6 Å². The van der Waals surface area contributed by atoms with Crippen molar-refractivity contribution in [3.05, 3.63) is 12.7 Å². The standard InChI is InChI=1S/C29H45FN6O4/c1-4-22(37)34-10-11-35-16(13-34)14-39-28-24-19-12-18(32-28)23-17(30)6-5-7-20(23)40-21-8-9-31-25(15(2)3)26(21)36(19)29(38)33-27(24)35/h4,15-21,23-28,31-32H,1,5-14H2,2-3H3,(H,33,38). The van der Waals surface area contributed by atoms with Crippen LogP contribution in [0.1, 0.15) is 46.0 Å². The number of amides is 3. The summed E-state index contributed by atoms with van der Waals surface area (Å²) in [5.41, 5.74) is 0. The van der Waals surface area contributed by atoms with E-state index in [4.69, 9.17) is 9.47 Å². The van der Waals surface area contributed by atoms with Crippen LogP contribution in [0.2, 0.25) is 0 Å². The fourth-order valence-corrected chi connectivity index (χ4v) is 9.22. The zero-order valence-electron chi connectivity index (χ0n) is 23.7. The molecule has 0 aromatic carbocycles. The topological polar surface area (TPSA) is 98.4 Å². The van der Waals surface area contributed by atoms with Gasteiger partial charge in [-0.15, -0.1) is 0 Å². The highest BCUT2D eigenvalue weighted by atomic mass is 19.1. The van der Waals surface area contributed by atoms with Crippen LogP contribution in [0.5, 0.6) is 0 Å². The molecule has 12 unspecified atom stereocenters. The molecular formula is C29H45FN6O4. The van der Waals surface area contributed by atoms with Gasteiger partial charge in [-0.25, -0.2) is 9.18 Å². The zero-order valence-corrected chi connectivity index (χ0v) is 23.7. The third-order valence-electron chi connectivity index (χ3n) is 11.0. The molecule has 0 aromatic rings. The minimum atomic E-state index is -0.941. The van der Waals surface area contributed by atoms with Gasteiger partial charge in [-0.2, -0.15) is 0 Å². The molecule has 7 aliphatic rings. The van der Waals surface area contributed by atoms with Gasteiger partial charge in [0, 0.05) is 43.7 Å². The Morgan fingerprint density at radius 2 is 2.02 bits per heavy atom. The van der Waals surface area contributed by atoms with Crippen molar-refractivity contribution in [1.82, 2.24) is 30.7 Å². The Labute approximate surface area is 236 Å². The smallest absolute Gasteiger partial charge is 0.319 e. The molecule has 11 heteroatoms. The molecule has 0 radical (unpaired) electrons. The Bertz CT molecular complexity index is 1020. The first-order valence-corrected chi connectivity index (χ1v) is 15.5. The largest absolute Gasteiger partial charge is 0.372 e. The van der Waals surface area contributed by atoms with Crippen molar-refractivity contribution in [2.24, 2.45) is 17.8 Å². The maximum absolute atomic E-state index is 15.8. The number of piperidine rings is 2. The Hall–Kier alpha value is -1.79. The van der Waals surface area contributed by atoms with Crippen LogP contribution in [0, 0.1) is 17.8 Å². The molecule has 222 valence electrons. The molecule has 0 aromatic heterocycles. The number of hydrogen-bond acceptors (Lipinski definition) is 7. The maximum atomic E-state index is 15.8. The van der Waals surface area contributed by atoms with Gasteiger partial charge >= 0.3 is 6.03 Å². The highest BCUT2D eigenvalue weighted by Gasteiger charge is 2.61. The van der Waals surface area contributed by atoms with E-state index in [1.165, 1.54) is 6.08 Å². The highest BCUT2D eigenvalue weighted by molar-refractivity contribution is 5.87. The summed E-state index contributed by atoms with van der Waals surface area (Å²) in [6, 6.07) is -0.403. The number of fused-ring (bicyclic) bond motifs is 7. The monoisotopic (exact) mass is 560 g/mol. The number of hydrogen-bond donors (Lipinski definition) is 3. The molecule has 6 heterocycles. The number of urea groups is 1. The molecule has 0 spiro atoms. The molecule has 40 heavy (non-hydrogen) atoms. The summed E-state index contributed by atoms with van der Waals surface area (Å²) in [5.74, 6) is -0.0703. The molecule has 6 saturated heterocycles. The van der Waals surface area contributed by atoms with Gasteiger partial charge < -0.3 is 29.9 Å². The summed E-state index contributed by atoms with van der Waals surface area (Å²) in [7, 11) is 0. The van der Waals surface area contributed by atoms with Gasteiger partial charge in [0.1, 0.15) is 12.4 Å². The van der Waals surface area contributed by atoms with E-state index in [1.807, 2.05) is 4.90 Å². The number of ether oxygens (including phenoxy) is 2. The van der Waals surface area contributed by atoms with Gasteiger partial charge in [0.15, 0.2) is 0 Å². The fraction of sp³-hybridized carbons (Fsp3) is 0.862. The lowest BCUT2D eigenvalue weighted by atomic mass is 9.72. The summed E-state index contributed by atoms with van der Waals surface area (Å²) >= 11 is 0. The van der Waals surface area contributed by atoms with E-state index in [2.05, 4.69) is 46.2 Å². The first-order chi connectivity index (χ1) is 19.4. The second kappa shape index (κ2) is 10.5. The van der Waals surface area contributed by atoms with Crippen molar-refractivity contribution in [2.45, 2.75) is 107 Å². The van der Waals surface area contributed by atoms with Crippen LogP contribution in [-0.2, 0) is 14.3 Å². The third kappa shape index (κ3) is 4.30. The molecule has 6 aliphatic heterocycles. The van der Waals surface area contributed by atoms with Crippen molar-refractivity contribution >= 4 is 11.9 Å². The number of nitrogens with zero attached hydrogens (tertiary/aromatic N) is 3. The first kappa shape index (κ1) is 27.1. The molecule has 7 rings (SSSR count). The number of piperazine rings is 1. The van der Waals surface area contributed by atoms with E-state index in [0.717, 1.165) is 25.8 Å². The summed E-state index contributed by atoms with van der Waals surface area (Å²) < 4.78 is 29.4. The van der Waals surface area contributed by atoms with Gasteiger partial charge in [0.25, 0.3) is 0 Å². The summed E-state index contributed by atoms with van der Waals surface area (Å²) in [6.07, 6.45) is 3.29. The SMILES string of the molecule is C=CC(=O)N1CCN2C(COC3NC4CC5C3C2NC(=O)N5C2C(CCNC2C(C)C)OC2CCCC(F)C42)C1. The summed E-state index contributed by atoms with van der Waals surface area (Å²) in [5, 5.41) is 10.9. The molecule has 7 fully saturated rings.